The standard InChI is InChI=1S/C34H40FN5O9S/c1-20(38(3)19-30-21(2)48-34(44)49-30)31(41)37-27-18-39(50(45,46)24-11-8-22(35)9-12-24)16-14-23-10-13-28(40(23)33(27)43)32(42)36-26-15-17-47-29-7-5-4-6-25(26)29/h4-9,11-12,20,23,26-28H,10,13-19H2,1-3H3,(H,36,42)(H,37,41)/t20-,23+,26+,27-,28-/m0/s1. The maximum Gasteiger partial charge on any atom is 0.519 e. The van der Waals surface area contributed by atoms with Gasteiger partial charge >= 0.3 is 5.82 Å². The summed E-state index contributed by atoms with van der Waals surface area (Å²) in [6, 6.07) is 7.99. The molecule has 3 amide bonds. The molecule has 3 aliphatic heterocycles. The van der Waals surface area contributed by atoms with Gasteiger partial charge in [-0.2, -0.15) is 4.31 Å². The van der Waals surface area contributed by atoms with E-state index < -0.39 is 64.2 Å². The highest BCUT2D eigenvalue weighted by molar-refractivity contribution is 7.89. The second-order valence-electron chi connectivity index (χ2n) is 12.9. The van der Waals surface area contributed by atoms with Gasteiger partial charge in [-0.3, -0.25) is 19.3 Å². The maximum absolute atomic E-state index is 14.5. The molecule has 16 heteroatoms. The van der Waals surface area contributed by atoms with Crippen LogP contribution in [-0.4, -0.2) is 91.2 Å². The molecule has 0 spiro atoms. The number of para-hydroxylation sites is 1. The van der Waals surface area contributed by atoms with E-state index in [1.807, 2.05) is 24.3 Å². The Hall–Kier alpha value is -4.54. The lowest BCUT2D eigenvalue weighted by Crippen LogP contribution is -2.62. The smallest absolute Gasteiger partial charge is 0.493 e. The number of nitrogens with one attached hydrogen (secondary N) is 2. The Balaban J connectivity index is 1.25. The number of carbonyl (C=O) groups excluding carboxylic acids is 3. The van der Waals surface area contributed by atoms with Gasteiger partial charge in [0.2, 0.25) is 27.7 Å². The molecular weight excluding hydrogens is 673 g/mol. The minimum atomic E-state index is -4.21. The van der Waals surface area contributed by atoms with Crippen molar-refractivity contribution in [1.82, 2.24) is 24.7 Å². The molecule has 0 aliphatic carbocycles. The number of likely N-dealkylation sites (N-methyl/N-ethyl adjacent to an activating group) is 1. The third-order valence-corrected chi connectivity index (χ3v) is 11.6. The van der Waals surface area contributed by atoms with Crippen LogP contribution in [0.3, 0.4) is 0 Å². The molecule has 6 rings (SSSR count). The summed E-state index contributed by atoms with van der Waals surface area (Å²) in [6.07, 6.45) is 1.61. The molecule has 0 unspecified atom stereocenters. The van der Waals surface area contributed by atoms with Gasteiger partial charge in [0, 0.05) is 31.1 Å². The highest BCUT2D eigenvalue weighted by Crippen LogP contribution is 2.34. The highest BCUT2D eigenvalue weighted by Gasteiger charge is 2.47. The quantitative estimate of drug-likeness (QED) is 0.335. The number of halogens is 1. The van der Waals surface area contributed by atoms with E-state index in [-0.39, 0.29) is 47.9 Å². The maximum atomic E-state index is 14.5. The van der Waals surface area contributed by atoms with Gasteiger partial charge < -0.3 is 29.1 Å². The van der Waals surface area contributed by atoms with Crippen molar-refractivity contribution in [3.05, 3.63) is 82.0 Å². The fourth-order valence-electron chi connectivity index (χ4n) is 6.82. The Morgan fingerprint density at radius 2 is 1.74 bits per heavy atom. The molecule has 3 aromatic rings. The second-order valence-corrected chi connectivity index (χ2v) is 14.9. The van der Waals surface area contributed by atoms with E-state index in [1.54, 1.807) is 25.8 Å². The van der Waals surface area contributed by atoms with E-state index in [1.165, 1.54) is 4.90 Å². The van der Waals surface area contributed by atoms with Crippen molar-refractivity contribution in [3.63, 3.8) is 0 Å². The van der Waals surface area contributed by atoms with Gasteiger partial charge in [-0.25, -0.2) is 17.6 Å². The van der Waals surface area contributed by atoms with Gasteiger partial charge in [0.25, 0.3) is 0 Å². The number of sulfonamides is 1. The number of hydrogen-bond donors (Lipinski definition) is 2. The topological polar surface area (TPSA) is 172 Å². The van der Waals surface area contributed by atoms with E-state index in [0.717, 1.165) is 34.1 Å². The average Bonchev–Trinajstić information content (AvgIpc) is 3.65. The summed E-state index contributed by atoms with van der Waals surface area (Å²) in [7, 11) is -2.59. The summed E-state index contributed by atoms with van der Waals surface area (Å²) < 4.78 is 58.2. The van der Waals surface area contributed by atoms with Crippen LogP contribution in [0.1, 0.15) is 55.7 Å². The number of nitrogens with zero attached hydrogens (tertiary/aromatic N) is 3. The van der Waals surface area contributed by atoms with Gasteiger partial charge in [0.1, 0.15) is 29.4 Å². The molecule has 2 saturated heterocycles. The van der Waals surface area contributed by atoms with E-state index in [0.29, 0.717) is 31.6 Å². The molecule has 5 atom stereocenters. The molecular formula is C34H40FN5O9S. The summed E-state index contributed by atoms with van der Waals surface area (Å²) in [6.45, 7) is 3.19. The number of ether oxygens (including phenoxy) is 1. The number of fused-ring (bicyclic) bond motifs is 2. The van der Waals surface area contributed by atoms with Crippen molar-refractivity contribution in [2.45, 2.75) is 81.2 Å². The molecule has 0 radical (unpaired) electrons. The Labute approximate surface area is 288 Å². The van der Waals surface area contributed by atoms with Crippen molar-refractivity contribution in [2.24, 2.45) is 0 Å². The van der Waals surface area contributed by atoms with E-state index in [9.17, 15) is 32.0 Å². The van der Waals surface area contributed by atoms with Crippen LogP contribution in [0.15, 0.2) is 67.1 Å². The fraction of sp³-hybridized carbons (Fsp3) is 0.471. The van der Waals surface area contributed by atoms with Gasteiger partial charge in [-0.05, 0) is 70.5 Å². The third-order valence-electron chi connectivity index (χ3n) is 9.77. The minimum Gasteiger partial charge on any atom is -0.493 e. The molecule has 14 nitrogen and oxygen atoms in total. The molecule has 2 aromatic carbocycles. The zero-order chi connectivity index (χ0) is 35.7. The summed E-state index contributed by atoms with van der Waals surface area (Å²) in [5, 5.41) is 5.85. The predicted octanol–water partition coefficient (Wildman–Crippen LogP) is 2.08. The highest BCUT2D eigenvalue weighted by atomic mass is 32.2. The van der Waals surface area contributed by atoms with Gasteiger partial charge in [-0.15, -0.1) is 0 Å². The first-order chi connectivity index (χ1) is 23.8. The zero-order valence-corrected chi connectivity index (χ0v) is 28.8. The van der Waals surface area contributed by atoms with Gasteiger partial charge in [0.05, 0.1) is 30.1 Å². The Kier molecular flexibility index (Phi) is 10.1. The molecule has 0 bridgehead atoms. The molecule has 50 heavy (non-hydrogen) atoms. The van der Waals surface area contributed by atoms with Crippen LogP contribution in [-0.2, 0) is 31.0 Å². The number of rotatable bonds is 9. The van der Waals surface area contributed by atoms with Crippen LogP contribution >= 0.6 is 0 Å². The summed E-state index contributed by atoms with van der Waals surface area (Å²) in [4.78, 5) is 56.5. The molecule has 2 fully saturated rings. The van der Waals surface area contributed by atoms with Crippen molar-refractivity contribution in [2.75, 3.05) is 26.7 Å². The normalized spacial score (nSPS) is 23.3. The average molecular weight is 714 g/mol. The molecule has 4 heterocycles. The number of amides is 3. The molecule has 3 aliphatic rings. The van der Waals surface area contributed by atoms with Crippen LogP contribution in [0.25, 0.3) is 0 Å². The lowest BCUT2D eigenvalue weighted by Gasteiger charge is -2.39. The lowest BCUT2D eigenvalue weighted by atomic mass is 10.00. The molecule has 0 saturated carbocycles. The van der Waals surface area contributed by atoms with Crippen LogP contribution in [0.5, 0.6) is 5.75 Å². The molecule has 2 N–H and O–H groups in total. The Morgan fingerprint density at radius 3 is 2.46 bits per heavy atom. The SMILES string of the molecule is Cc1oc(=O)oc1CN(C)[C@@H](C)C(=O)N[C@H]1CN(S(=O)(=O)c2ccc(F)cc2)CC[C@H]2CC[C@@H](C(=O)N[C@@H]3CCOc4ccccc43)N2C1=O. The fourth-order valence-corrected chi connectivity index (χ4v) is 8.29. The number of hydrogen-bond acceptors (Lipinski definition) is 10. The number of benzene rings is 2. The number of aryl methyl sites for hydroxylation is 1. The van der Waals surface area contributed by atoms with Crippen LogP contribution in [0.4, 0.5) is 4.39 Å². The Bertz CT molecular complexity index is 1910. The van der Waals surface area contributed by atoms with Crippen LogP contribution in [0, 0.1) is 12.7 Å². The monoisotopic (exact) mass is 713 g/mol. The molecule has 268 valence electrons. The first-order valence-electron chi connectivity index (χ1n) is 16.5. The first kappa shape index (κ1) is 35.3. The first-order valence-corrected chi connectivity index (χ1v) is 18.0. The number of carbonyl (C=O) groups is 3. The zero-order valence-electron chi connectivity index (χ0n) is 28.0. The van der Waals surface area contributed by atoms with E-state index >= 15 is 0 Å². The summed E-state index contributed by atoms with van der Waals surface area (Å²) >= 11 is 0. The van der Waals surface area contributed by atoms with Crippen LogP contribution in [0.2, 0.25) is 0 Å². The second kappa shape index (κ2) is 14.4. The van der Waals surface area contributed by atoms with Gasteiger partial charge in [-0.1, -0.05) is 18.2 Å². The molecule has 1 aromatic heterocycles. The van der Waals surface area contributed by atoms with Crippen molar-refractivity contribution < 1.29 is 40.8 Å². The largest absolute Gasteiger partial charge is 0.519 e. The van der Waals surface area contributed by atoms with Crippen molar-refractivity contribution in [3.8, 4) is 5.75 Å². The predicted molar refractivity (Wildman–Crippen MR) is 176 cm³/mol. The third kappa shape index (κ3) is 7.18. The van der Waals surface area contributed by atoms with E-state index in [4.69, 9.17) is 13.6 Å². The van der Waals surface area contributed by atoms with E-state index in [2.05, 4.69) is 10.6 Å². The minimum absolute atomic E-state index is 0.00351. The van der Waals surface area contributed by atoms with Crippen LogP contribution < -0.4 is 21.2 Å². The van der Waals surface area contributed by atoms with Gasteiger partial charge in [0.15, 0.2) is 5.76 Å². The summed E-state index contributed by atoms with van der Waals surface area (Å²) in [5.74, 6) is -1.81. The van der Waals surface area contributed by atoms with Crippen molar-refractivity contribution in [1.29, 1.82) is 0 Å². The Morgan fingerprint density at radius 1 is 1.00 bits per heavy atom. The lowest BCUT2D eigenvalue weighted by molar-refractivity contribution is -0.145. The summed E-state index contributed by atoms with van der Waals surface area (Å²) in [5.41, 5.74) is 0.843. The van der Waals surface area contributed by atoms with Crippen molar-refractivity contribution >= 4 is 27.7 Å².